The minimum absolute atomic E-state index is 0.0572. The van der Waals surface area contributed by atoms with Gasteiger partial charge in [0.2, 0.25) is 0 Å². The molecule has 8 heteroatoms. The van der Waals surface area contributed by atoms with E-state index in [0.29, 0.717) is 52.2 Å². The van der Waals surface area contributed by atoms with Crippen LogP contribution < -0.4 is 5.73 Å². The summed E-state index contributed by atoms with van der Waals surface area (Å²) >= 11 is 0. The molecule has 0 aromatic carbocycles. The Balaban J connectivity index is 4.06. The summed E-state index contributed by atoms with van der Waals surface area (Å²) in [6, 6.07) is 0. The first kappa shape index (κ1) is 48.8. The summed E-state index contributed by atoms with van der Waals surface area (Å²) in [4.78, 5) is 26.9. The fourth-order valence-corrected chi connectivity index (χ4v) is 6.13. The van der Waals surface area contributed by atoms with Crippen molar-refractivity contribution in [1.82, 2.24) is 4.90 Å². The van der Waals surface area contributed by atoms with Gasteiger partial charge in [0.05, 0.1) is 19.6 Å². The summed E-state index contributed by atoms with van der Waals surface area (Å²) in [5.41, 5.74) is 5.86. The third-order valence-corrected chi connectivity index (χ3v) is 9.38. The highest BCUT2D eigenvalue weighted by molar-refractivity contribution is 5.69. The molecule has 0 bridgehead atoms. The number of unbranched alkanes of at least 4 members (excludes halogenated alkanes) is 20. The van der Waals surface area contributed by atoms with E-state index < -0.39 is 0 Å². The summed E-state index contributed by atoms with van der Waals surface area (Å²) in [6.07, 6.45) is 30.5. The van der Waals surface area contributed by atoms with Crippen LogP contribution in [-0.4, -0.2) is 75.7 Å². The number of esters is 2. The molecular formula is C42H84N2O6. The Morgan fingerprint density at radius 2 is 0.840 bits per heavy atom. The molecule has 0 aliphatic carbocycles. The lowest BCUT2D eigenvalue weighted by Gasteiger charge is -2.21. The first-order valence-corrected chi connectivity index (χ1v) is 21.5. The average molecular weight is 713 g/mol. The second kappa shape index (κ2) is 40.5. The van der Waals surface area contributed by atoms with Gasteiger partial charge in [0.1, 0.15) is 0 Å². The molecular weight excluding hydrogens is 628 g/mol. The normalized spacial score (nSPS) is 11.6. The third kappa shape index (κ3) is 36.6. The molecule has 2 N–H and O–H groups in total. The van der Waals surface area contributed by atoms with Crippen molar-refractivity contribution in [1.29, 1.82) is 0 Å². The second-order valence-electron chi connectivity index (χ2n) is 14.3. The van der Waals surface area contributed by atoms with Gasteiger partial charge >= 0.3 is 11.9 Å². The van der Waals surface area contributed by atoms with Crippen molar-refractivity contribution in [2.45, 2.75) is 207 Å². The van der Waals surface area contributed by atoms with E-state index in [1.807, 2.05) is 0 Å². The molecule has 0 saturated heterocycles. The van der Waals surface area contributed by atoms with Gasteiger partial charge in [0.25, 0.3) is 0 Å². The molecule has 298 valence electrons. The molecule has 0 amide bonds. The molecule has 0 heterocycles. The minimum Gasteiger partial charge on any atom is -0.466 e. The van der Waals surface area contributed by atoms with Gasteiger partial charge in [0.15, 0.2) is 6.29 Å². The van der Waals surface area contributed by atoms with Gasteiger partial charge < -0.3 is 29.6 Å². The molecule has 8 nitrogen and oxygen atoms in total. The molecule has 0 fully saturated rings. The molecule has 0 atom stereocenters. The van der Waals surface area contributed by atoms with Crippen molar-refractivity contribution in [3.8, 4) is 0 Å². The lowest BCUT2D eigenvalue weighted by atomic mass is 10.1. The molecule has 0 aliphatic rings. The first-order chi connectivity index (χ1) is 24.6. The van der Waals surface area contributed by atoms with Crippen molar-refractivity contribution in [2.75, 3.05) is 52.6 Å². The number of nitrogens with zero attached hydrogens (tertiary/aromatic N) is 1. The van der Waals surface area contributed by atoms with Crippen LogP contribution in [0.2, 0.25) is 0 Å². The van der Waals surface area contributed by atoms with Gasteiger partial charge in [-0.25, -0.2) is 0 Å². The van der Waals surface area contributed by atoms with Crippen LogP contribution in [0.4, 0.5) is 0 Å². The number of ether oxygens (including phenoxy) is 4. The first-order valence-electron chi connectivity index (χ1n) is 21.5. The Labute approximate surface area is 310 Å². The van der Waals surface area contributed by atoms with Crippen LogP contribution in [0.3, 0.4) is 0 Å². The van der Waals surface area contributed by atoms with Crippen molar-refractivity contribution in [3.05, 3.63) is 0 Å². The topological polar surface area (TPSA) is 100 Å². The van der Waals surface area contributed by atoms with Gasteiger partial charge in [-0.3, -0.25) is 9.59 Å². The van der Waals surface area contributed by atoms with E-state index in [2.05, 4.69) is 25.7 Å². The Morgan fingerprint density at radius 3 is 1.32 bits per heavy atom. The summed E-state index contributed by atoms with van der Waals surface area (Å²) < 4.78 is 23.1. The highest BCUT2D eigenvalue weighted by atomic mass is 16.7. The van der Waals surface area contributed by atoms with E-state index in [9.17, 15) is 9.59 Å². The molecule has 0 aromatic rings. The fraction of sp³-hybridized carbons (Fsp3) is 0.952. The minimum atomic E-state index is -0.330. The van der Waals surface area contributed by atoms with Crippen molar-refractivity contribution in [3.63, 3.8) is 0 Å². The lowest BCUT2D eigenvalue weighted by molar-refractivity contribution is -0.159. The maximum Gasteiger partial charge on any atom is 0.305 e. The molecule has 0 saturated carbocycles. The van der Waals surface area contributed by atoms with Crippen LogP contribution in [0.15, 0.2) is 0 Å². The zero-order valence-corrected chi connectivity index (χ0v) is 33.5. The summed E-state index contributed by atoms with van der Waals surface area (Å²) in [5, 5.41) is 0. The molecule has 0 aromatic heterocycles. The zero-order chi connectivity index (χ0) is 36.6. The molecule has 50 heavy (non-hydrogen) atoms. The van der Waals surface area contributed by atoms with Gasteiger partial charge in [-0.05, 0) is 58.0 Å². The maximum absolute atomic E-state index is 12.5. The summed E-state index contributed by atoms with van der Waals surface area (Å²) in [7, 11) is 0. The largest absolute Gasteiger partial charge is 0.466 e. The Hall–Kier alpha value is -1.22. The molecule has 0 unspecified atom stereocenters. The SMILES string of the molecule is CCCCCCCCCCOC(=O)CCCCCN(CCN)CCCCOC(=O)CCC(OCCCCCCCC)OCCCCCCCC. The second-order valence-corrected chi connectivity index (χ2v) is 14.3. The Kier molecular flexibility index (Phi) is 39.6. The predicted molar refractivity (Wildman–Crippen MR) is 209 cm³/mol. The van der Waals surface area contributed by atoms with E-state index >= 15 is 0 Å². The number of carbonyl (C=O) groups is 2. The van der Waals surface area contributed by atoms with Crippen molar-refractivity contribution in [2.24, 2.45) is 5.73 Å². The maximum atomic E-state index is 12.5. The van der Waals surface area contributed by atoms with Crippen LogP contribution in [0, 0.1) is 0 Å². The molecule has 0 aliphatic heterocycles. The quantitative estimate of drug-likeness (QED) is 0.0380. The highest BCUT2D eigenvalue weighted by Crippen LogP contribution is 2.13. The number of nitrogens with two attached hydrogens (primary N) is 1. The van der Waals surface area contributed by atoms with Crippen molar-refractivity contribution >= 4 is 11.9 Å². The molecule has 0 spiro atoms. The van der Waals surface area contributed by atoms with Gasteiger partial charge in [0, 0.05) is 39.1 Å². The fourth-order valence-electron chi connectivity index (χ4n) is 6.13. The zero-order valence-electron chi connectivity index (χ0n) is 33.5. The monoisotopic (exact) mass is 713 g/mol. The van der Waals surface area contributed by atoms with Crippen molar-refractivity contribution < 1.29 is 28.5 Å². The van der Waals surface area contributed by atoms with Gasteiger partial charge in [-0.1, -0.05) is 136 Å². The Morgan fingerprint density at radius 1 is 0.460 bits per heavy atom. The van der Waals surface area contributed by atoms with E-state index in [1.54, 1.807) is 0 Å². The predicted octanol–water partition coefficient (Wildman–Crippen LogP) is 10.7. The summed E-state index contributed by atoms with van der Waals surface area (Å²) in [5.74, 6) is -0.227. The number of hydrogen-bond acceptors (Lipinski definition) is 8. The highest BCUT2D eigenvalue weighted by Gasteiger charge is 2.14. The third-order valence-electron chi connectivity index (χ3n) is 9.38. The van der Waals surface area contributed by atoms with E-state index in [0.717, 1.165) is 77.4 Å². The van der Waals surface area contributed by atoms with E-state index in [-0.39, 0.29) is 18.2 Å². The number of hydrogen-bond donors (Lipinski definition) is 1. The standard InChI is InChI=1S/C42H84N2O6/c1-4-7-10-13-16-17-20-25-36-47-40(45)29-22-21-23-33-44(35-32-43)34-24-28-37-48-41(46)30-31-42(49-38-26-18-14-11-8-5-2)50-39-27-19-15-12-9-6-3/h42H,4-39,43H2,1-3H3. The van der Waals surface area contributed by atoms with Crippen LogP contribution in [0.5, 0.6) is 0 Å². The average Bonchev–Trinajstić information content (AvgIpc) is 3.11. The van der Waals surface area contributed by atoms with Gasteiger partial charge in [-0.2, -0.15) is 0 Å². The summed E-state index contributed by atoms with van der Waals surface area (Å²) in [6.45, 7) is 12.5. The van der Waals surface area contributed by atoms with E-state index in [1.165, 1.54) is 103 Å². The molecule has 0 radical (unpaired) electrons. The van der Waals surface area contributed by atoms with Crippen LogP contribution in [0.25, 0.3) is 0 Å². The molecule has 0 rings (SSSR count). The smallest absolute Gasteiger partial charge is 0.305 e. The van der Waals surface area contributed by atoms with Gasteiger partial charge in [-0.15, -0.1) is 0 Å². The van der Waals surface area contributed by atoms with Crippen LogP contribution in [-0.2, 0) is 28.5 Å². The Bertz CT molecular complexity index is 692. The van der Waals surface area contributed by atoms with E-state index in [4.69, 9.17) is 24.7 Å². The van der Waals surface area contributed by atoms with Crippen LogP contribution in [0.1, 0.15) is 201 Å². The number of rotatable bonds is 41. The van der Waals surface area contributed by atoms with Crippen LogP contribution >= 0.6 is 0 Å². The lowest BCUT2D eigenvalue weighted by Crippen LogP contribution is -2.31. The number of carbonyl (C=O) groups excluding carboxylic acids is 2.